The summed E-state index contributed by atoms with van der Waals surface area (Å²) in [5.74, 6) is 0.856. The zero-order valence-electron chi connectivity index (χ0n) is 18.8. The van der Waals surface area contributed by atoms with Gasteiger partial charge >= 0.3 is 0 Å². The van der Waals surface area contributed by atoms with Crippen LogP contribution < -0.4 is 10.1 Å². The Hall–Kier alpha value is -3.94. The van der Waals surface area contributed by atoms with Crippen molar-refractivity contribution in [2.75, 3.05) is 0 Å². The molecule has 2 aliphatic heterocycles. The summed E-state index contributed by atoms with van der Waals surface area (Å²) in [5.41, 5.74) is 4.17. The molecule has 0 radical (unpaired) electrons. The van der Waals surface area contributed by atoms with E-state index in [0.717, 1.165) is 46.8 Å². The van der Waals surface area contributed by atoms with E-state index in [4.69, 9.17) is 9.72 Å². The Kier molecular flexibility index (Phi) is 4.76. The first-order chi connectivity index (χ1) is 16.5. The highest BCUT2D eigenvalue weighted by Crippen LogP contribution is 2.33. The van der Waals surface area contributed by atoms with E-state index in [1.807, 2.05) is 54.2 Å². The van der Waals surface area contributed by atoms with Crippen LogP contribution in [0.5, 0.6) is 5.75 Å². The van der Waals surface area contributed by atoms with Crippen molar-refractivity contribution in [3.8, 4) is 28.4 Å². The van der Waals surface area contributed by atoms with Gasteiger partial charge in [0.2, 0.25) is 11.8 Å². The lowest BCUT2D eigenvalue weighted by atomic mass is 10.0. The van der Waals surface area contributed by atoms with Crippen LogP contribution in [0, 0.1) is 0 Å². The number of imide groups is 1. The van der Waals surface area contributed by atoms with Crippen LogP contribution in [0.3, 0.4) is 0 Å². The number of hydrogen-bond donors (Lipinski definition) is 1. The van der Waals surface area contributed by atoms with Gasteiger partial charge in [0.15, 0.2) is 0 Å². The monoisotopic (exact) mass is 456 g/mol. The summed E-state index contributed by atoms with van der Waals surface area (Å²) in [6.07, 6.45) is 5.19. The summed E-state index contributed by atoms with van der Waals surface area (Å²) in [6.45, 7) is 0.344. The van der Waals surface area contributed by atoms with Gasteiger partial charge in [0.05, 0.1) is 11.8 Å². The molecule has 6 rings (SSSR count). The number of rotatable bonds is 5. The highest BCUT2D eigenvalue weighted by Gasteiger charge is 2.39. The van der Waals surface area contributed by atoms with E-state index < -0.39 is 11.9 Å². The Bertz CT molecular complexity index is 1320. The normalized spacial score (nSPS) is 19.9. The number of imidazole rings is 1. The fourth-order valence-electron chi connectivity index (χ4n) is 4.67. The third-order valence-electron chi connectivity index (χ3n) is 6.64. The quantitative estimate of drug-likeness (QED) is 0.596. The number of aromatic nitrogens is 2. The van der Waals surface area contributed by atoms with Crippen molar-refractivity contribution in [3.63, 3.8) is 0 Å². The maximum absolute atomic E-state index is 12.9. The molecule has 1 saturated heterocycles. The standard InChI is InChI=1S/C26H24N4O4/c1-29-14-21(27-24(29)15-2-5-18(6-3-15)34-19-7-8-19)16-4-9-20-17(12-16)13-30(26(20)33)22-10-11-23(31)28-25(22)32/h2-6,9,12,14,19,22H,7-8,10-11,13H2,1H3,(H,28,31,32). The van der Waals surface area contributed by atoms with Crippen LogP contribution in [0.2, 0.25) is 0 Å². The molecule has 1 saturated carbocycles. The number of hydrogen-bond acceptors (Lipinski definition) is 5. The van der Waals surface area contributed by atoms with E-state index in [0.29, 0.717) is 24.6 Å². The fourth-order valence-corrected chi connectivity index (χ4v) is 4.67. The number of nitrogens with zero attached hydrogens (tertiary/aromatic N) is 3. The number of piperidine rings is 1. The Morgan fingerprint density at radius 3 is 2.50 bits per heavy atom. The van der Waals surface area contributed by atoms with E-state index in [1.54, 1.807) is 11.0 Å². The molecule has 1 aliphatic carbocycles. The van der Waals surface area contributed by atoms with Gasteiger partial charge in [-0.3, -0.25) is 19.7 Å². The SMILES string of the molecule is Cn1cc(-c2ccc3c(c2)CN(C2CCC(=O)NC2=O)C3=O)nc1-c1ccc(OC2CC2)cc1. The third-order valence-corrected chi connectivity index (χ3v) is 6.64. The Labute approximate surface area is 196 Å². The maximum atomic E-state index is 12.9. The molecule has 0 bridgehead atoms. The molecule has 2 fully saturated rings. The van der Waals surface area contributed by atoms with Crippen molar-refractivity contribution in [2.24, 2.45) is 7.05 Å². The zero-order chi connectivity index (χ0) is 23.4. The van der Waals surface area contributed by atoms with Gasteiger partial charge in [-0.2, -0.15) is 0 Å². The van der Waals surface area contributed by atoms with E-state index in [9.17, 15) is 14.4 Å². The van der Waals surface area contributed by atoms with Crippen LogP contribution in [0.25, 0.3) is 22.6 Å². The molecule has 34 heavy (non-hydrogen) atoms. The summed E-state index contributed by atoms with van der Waals surface area (Å²) in [7, 11) is 1.96. The van der Waals surface area contributed by atoms with Gasteiger partial charge in [-0.25, -0.2) is 4.98 Å². The maximum Gasteiger partial charge on any atom is 0.255 e. The van der Waals surface area contributed by atoms with Gasteiger partial charge in [0.25, 0.3) is 5.91 Å². The van der Waals surface area contributed by atoms with Crippen molar-refractivity contribution in [3.05, 3.63) is 59.8 Å². The molecule has 172 valence electrons. The lowest BCUT2D eigenvalue weighted by Crippen LogP contribution is -2.52. The highest BCUT2D eigenvalue weighted by molar-refractivity contribution is 6.05. The number of fused-ring (bicyclic) bond motifs is 1. The number of ether oxygens (including phenoxy) is 1. The lowest BCUT2D eigenvalue weighted by Gasteiger charge is -2.29. The van der Waals surface area contributed by atoms with E-state index in [1.165, 1.54) is 0 Å². The summed E-state index contributed by atoms with van der Waals surface area (Å²) < 4.78 is 7.82. The summed E-state index contributed by atoms with van der Waals surface area (Å²) in [5, 5.41) is 2.34. The molecule has 0 spiro atoms. The minimum Gasteiger partial charge on any atom is -0.490 e. The second kappa shape index (κ2) is 7.83. The van der Waals surface area contributed by atoms with E-state index in [2.05, 4.69) is 5.32 Å². The van der Waals surface area contributed by atoms with Crippen molar-refractivity contribution in [1.29, 1.82) is 0 Å². The molecule has 1 N–H and O–H groups in total. The lowest BCUT2D eigenvalue weighted by molar-refractivity contribution is -0.136. The molecule has 3 heterocycles. The van der Waals surface area contributed by atoms with Crippen LogP contribution >= 0.6 is 0 Å². The second-order valence-corrected chi connectivity index (χ2v) is 9.17. The van der Waals surface area contributed by atoms with Crippen molar-refractivity contribution in [1.82, 2.24) is 19.8 Å². The van der Waals surface area contributed by atoms with Gasteiger partial charge in [-0.15, -0.1) is 0 Å². The molecule has 3 aromatic rings. The van der Waals surface area contributed by atoms with Gasteiger partial charge in [-0.1, -0.05) is 6.07 Å². The Balaban J connectivity index is 1.24. The van der Waals surface area contributed by atoms with Crippen LogP contribution in [0.4, 0.5) is 0 Å². The number of carbonyl (C=O) groups excluding carboxylic acids is 3. The number of aryl methyl sites for hydroxylation is 1. The first-order valence-corrected chi connectivity index (χ1v) is 11.5. The number of nitrogens with one attached hydrogen (secondary N) is 1. The predicted molar refractivity (Wildman–Crippen MR) is 124 cm³/mol. The molecular formula is C26H24N4O4. The second-order valence-electron chi connectivity index (χ2n) is 9.17. The van der Waals surface area contributed by atoms with Crippen LogP contribution in [0.1, 0.15) is 41.6 Å². The molecule has 3 amide bonds. The molecular weight excluding hydrogens is 432 g/mol. The number of amides is 3. The molecule has 3 aliphatic rings. The van der Waals surface area contributed by atoms with Gasteiger partial charge < -0.3 is 14.2 Å². The molecule has 1 atom stereocenters. The van der Waals surface area contributed by atoms with E-state index >= 15 is 0 Å². The van der Waals surface area contributed by atoms with Crippen molar-refractivity contribution < 1.29 is 19.1 Å². The summed E-state index contributed by atoms with van der Waals surface area (Å²) in [4.78, 5) is 43.1. The third kappa shape index (κ3) is 3.65. The average Bonchev–Trinajstić information content (AvgIpc) is 3.47. The topological polar surface area (TPSA) is 93.5 Å². The first kappa shape index (κ1) is 20.7. The van der Waals surface area contributed by atoms with Crippen LogP contribution in [0.15, 0.2) is 48.7 Å². The zero-order valence-corrected chi connectivity index (χ0v) is 18.8. The first-order valence-electron chi connectivity index (χ1n) is 11.5. The van der Waals surface area contributed by atoms with Crippen LogP contribution in [-0.4, -0.2) is 44.3 Å². The van der Waals surface area contributed by atoms with Crippen molar-refractivity contribution in [2.45, 2.75) is 44.4 Å². The average molecular weight is 457 g/mol. The number of carbonyl (C=O) groups is 3. The van der Waals surface area contributed by atoms with Crippen molar-refractivity contribution >= 4 is 17.7 Å². The predicted octanol–water partition coefficient (Wildman–Crippen LogP) is 3.06. The van der Waals surface area contributed by atoms with Gasteiger partial charge in [0.1, 0.15) is 17.6 Å². The summed E-state index contributed by atoms with van der Waals surface area (Å²) in [6, 6.07) is 13.0. The Morgan fingerprint density at radius 2 is 1.76 bits per heavy atom. The molecule has 8 nitrogen and oxygen atoms in total. The molecule has 8 heteroatoms. The fraction of sp³-hybridized carbons (Fsp3) is 0.308. The molecule has 1 aromatic heterocycles. The highest BCUT2D eigenvalue weighted by atomic mass is 16.5. The minimum absolute atomic E-state index is 0.175. The largest absolute Gasteiger partial charge is 0.490 e. The summed E-state index contributed by atoms with van der Waals surface area (Å²) >= 11 is 0. The minimum atomic E-state index is -0.616. The number of benzene rings is 2. The van der Waals surface area contributed by atoms with E-state index in [-0.39, 0.29) is 18.2 Å². The Morgan fingerprint density at radius 1 is 1.00 bits per heavy atom. The van der Waals surface area contributed by atoms with Crippen LogP contribution in [-0.2, 0) is 23.2 Å². The molecule has 1 unspecified atom stereocenters. The van der Waals surface area contributed by atoms with Gasteiger partial charge in [-0.05, 0) is 61.2 Å². The smallest absolute Gasteiger partial charge is 0.255 e. The molecule has 2 aromatic carbocycles. The van der Waals surface area contributed by atoms with Gasteiger partial charge in [0, 0.05) is 42.9 Å².